The van der Waals surface area contributed by atoms with Crippen LogP contribution in [-0.2, 0) is 9.59 Å². The highest BCUT2D eigenvalue weighted by Gasteiger charge is 2.34. The summed E-state index contributed by atoms with van der Waals surface area (Å²) in [5.74, 6) is 2.20. The third-order valence-electron chi connectivity index (χ3n) is 6.10. The Hall–Kier alpha value is -2.90. The quantitative estimate of drug-likeness (QED) is 0.641. The molecule has 8 nitrogen and oxygen atoms in total. The molecule has 2 amide bonds. The Balaban J connectivity index is 1.29. The predicted octanol–water partition coefficient (Wildman–Crippen LogP) is 3.47. The van der Waals surface area contributed by atoms with Crippen LogP contribution in [0.4, 0.5) is 0 Å². The van der Waals surface area contributed by atoms with Crippen LogP contribution in [0.5, 0.6) is 5.75 Å². The fraction of sp³-hybridized carbons (Fsp3) is 0.583. The van der Waals surface area contributed by atoms with Crippen LogP contribution in [-0.4, -0.2) is 46.6 Å². The number of piperidine rings is 1. The van der Waals surface area contributed by atoms with Crippen molar-refractivity contribution in [3.63, 3.8) is 0 Å². The third kappa shape index (κ3) is 5.66. The first-order chi connectivity index (χ1) is 15.5. The molecule has 8 heteroatoms. The lowest BCUT2D eigenvalue weighted by Gasteiger charge is -2.33. The van der Waals surface area contributed by atoms with Crippen molar-refractivity contribution in [3.8, 4) is 5.75 Å². The first-order valence-electron chi connectivity index (χ1n) is 11.6. The van der Waals surface area contributed by atoms with Crippen LogP contribution in [0.2, 0.25) is 0 Å². The van der Waals surface area contributed by atoms with Gasteiger partial charge in [0.25, 0.3) is 0 Å². The van der Waals surface area contributed by atoms with Gasteiger partial charge in [-0.2, -0.15) is 4.98 Å². The Morgan fingerprint density at radius 1 is 1.22 bits per heavy atom. The number of amides is 2. The van der Waals surface area contributed by atoms with Crippen LogP contribution in [0.25, 0.3) is 0 Å². The van der Waals surface area contributed by atoms with E-state index in [2.05, 4.69) is 15.5 Å². The van der Waals surface area contributed by atoms with Gasteiger partial charge >= 0.3 is 0 Å². The van der Waals surface area contributed by atoms with Gasteiger partial charge in [0, 0.05) is 19.0 Å². The lowest BCUT2D eigenvalue weighted by atomic mass is 9.95. The highest BCUT2D eigenvalue weighted by atomic mass is 16.5. The number of carbonyl (C=O) groups is 2. The molecule has 1 saturated carbocycles. The molecule has 0 bridgehead atoms. The van der Waals surface area contributed by atoms with Crippen molar-refractivity contribution in [1.29, 1.82) is 0 Å². The maximum Gasteiger partial charge on any atom is 0.249 e. The normalized spacial score (nSPS) is 19.6. The largest absolute Gasteiger partial charge is 0.493 e. The minimum absolute atomic E-state index is 0.0183. The summed E-state index contributed by atoms with van der Waals surface area (Å²) in [6, 6.07) is 9.13. The van der Waals surface area contributed by atoms with Gasteiger partial charge in [0.05, 0.1) is 18.9 Å². The monoisotopic (exact) mass is 440 g/mol. The molecule has 2 atom stereocenters. The molecule has 2 aliphatic rings. The van der Waals surface area contributed by atoms with Crippen molar-refractivity contribution in [2.45, 2.75) is 57.9 Å². The number of hydrogen-bond donors (Lipinski definition) is 1. The van der Waals surface area contributed by atoms with E-state index < -0.39 is 0 Å². The zero-order chi connectivity index (χ0) is 22.5. The number of benzene rings is 1. The minimum atomic E-state index is -0.326. The number of aromatic nitrogens is 2. The second kappa shape index (κ2) is 10.1. The molecule has 1 aromatic heterocycles. The van der Waals surface area contributed by atoms with Crippen molar-refractivity contribution < 1.29 is 18.8 Å². The summed E-state index contributed by atoms with van der Waals surface area (Å²) in [6.45, 7) is 5.48. The van der Waals surface area contributed by atoms with Gasteiger partial charge in [-0.3, -0.25) is 9.59 Å². The molecule has 4 rings (SSSR count). The molecule has 2 heterocycles. The summed E-state index contributed by atoms with van der Waals surface area (Å²) >= 11 is 0. The second-order valence-electron chi connectivity index (χ2n) is 9.09. The Kier molecular flexibility index (Phi) is 7.07. The van der Waals surface area contributed by atoms with Crippen LogP contribution < -0.4 is 10.1 Å². The summed E-state index contributed by atoms with van der Waals surface area (Å²) in [4.78, 5) is 32.0. The first-order valence-corrected chi connectivity index (χ1v) is 11.6. The average Bonchev–Trinajstić information content (AvgIpc) is 3.55. The Morgan fingerprint density at radius 2 is 2.00 bits per heavy atom. The Morgan fingerprint density at radius 3 is 2.72 bits per heavy atom. The van der Waals surface area contributed by atoms with E-state index >= 15 is 0 Å². The number of rotatable bonds is 9. The maximum atomic E-state index is 13.0. The van der Waals surface area contributed by atoms with Crippen molar-refractivity contribution in [2.24, 2.45) is 11.8 Å². The van der Waals surface area contributed by atoms with Gasteiger partial charge in [-0.05, 0) is 43.7 Å². The summed E-state index contributed by atoms with van der Waals surface area (Å²) in [6.07, 6.45) is 4.06. The number of nitrogens with zero attached hydrogens (tertiary/aromatic N) is 3. The first kappa shape index (κ1) is 22.3. The topological polar surface area (TPSA) is 97.6 Å². The number of carbonyl (C=O) groups excluding carboxylic acids is 2. The van der Waals surface area contributed by atoms with Crippen LogP contribution in [0, 0.1) is 11.8 Å². The highest BCUT2D eigenvalue weighted by molar-refractivity contribution is 5.81. The van der Waals surface area contributed by atoms with E-state index in [0.29, 0.717) is 37.9 Å². The zero-order valence-electron chi connectivity index (χ0n) is 18.8. The van der Waals surface area contributed by atoms with E-state index in [-0.39, 0.29) is 29.7 Å². The van der Waals surface area contributed by atoms with E-state index in [9.17, 15) is 9.59 Å². The molecule has 2 aromatic rings. The smallest absolute Gasteiger partial charge is 0.249 e. The number of ether oxygens (including phenoxy) is 1. The molecule has 1 aliphatic heterocycles. The third-order valence-corrected chi connectivity index (χ3v) is 6.10. The summed E-state index contributed by atoms with van der Waals surface area (Å²) in [5.41, 5.74) is 0. The average molecular weight is 441 g/mol. The molecular weight excluding hydrogens is 408 g/mol. The molecule has 0 spiro atoms. The van der Waals surface area contributed by atoms with Gasteiger partial charge in [0.15, 0.2) is 5.82 Å². The SMILES string of the molecule is CC(C)C(NC(=O)C1CCCN(C(=O)CCOc2ccccc2)C1)c1nc(C2CC2)no1. The molecule has 172 valence electrons. The maximum absolute atomic E-state index is 13.0. The molecule has 1 saturated heterocycles. The molecule has 1 N–H and O–H groups in total. The van der Waals surface area contributed by atoms with Crippen molar-refractivity contribution in [3.05, 3.63) is 42.0 Å². The van der Waals surface area contributed by atoms with Crippen LogP contribution in [0.1, 0.15) is 69.6 Å². The minimum Gasteiger partial charge on any atom is -0.493 e. The van der Waals surface area contributed by atoms with E-state index in [0.717, 1.165) is 37.3 Å². The Labute approximate surface area is 188 Å². The van der Waals surface area contributed by atoms with Gasteiger partial charge in [-0.25, -0.2) is 0 Å². The van der Waals surface area contributed by atoms with Gasteiger partial charge in [-0.1, -0.05) is 37.2 Å². The van der Waals surface area contributed by atoms with Crippen molar-refractivity contribution >= 4 is 11.8 Å². The second-order valence-corrected chi connectivity index (χ2v) is 9.09. The van der Waals surface area contributed by atoms with E-state index in [1.54, 1.807) is 4.90 Å². The van der Waals surface area contributed by atoms with E-state index in [4.69, 9.17) is 9.26 Å². The van der Waals surface area contributed by atoms with Gasteiger partial charge in [0.1, 0.15) is 11.8 Å². The molecule has 1 aliphatic carbocycles. The number of likely N-dealkylation sites (tertiary alicyclic amines) is 1. The van der Waals surface area contributed by atoms with Gasteiger partial charge < -0.3 is 19.5 Å². The van der Waals surface area contributed by atoms with Gasteiger partial charge in [-0.15, -0.1) is 0 Å². The number of nitrogens with one attached hydrogen (secondary N) is 1. The number of para-hydroxylation sites is 1. The van der Waals surface area contributed by atoms with Crippen molar-refractivity contribution in [1.82, 2.24) is 20.4 Å². The lowest BCUT2D eigenvalue weighted by molar-refractivity contribution is -0.136. The fourth-order valence-electron chi connectivity index (χ4n) is 4.01. The van der Waals surface area contributed by atoms with E-state index in [1.807, 2.05) is 44.2 Å². The molecule has 2 unspecified atom stereocenters. The number of hydrogen-bond acceptors (Lipinski definition) is 6. The zero-order valence-corrected chi connectivity index (χ0v) is 18.8. The summed E-state index contributed by atoms with van der Waals surface area (Å²) in [7, 11) is 0. The van der Waals surface area contributed by atoms with Crippen LogP contribution in [0.15, 0.2) is 34.9 Å². The molecular formula is C24H32N4O4. The molecule has 2 fully saturated rings. The molecule has 32 heavy (non-hydrogen) atoms. The Bertz CT molecular complexity index is 910. The van der Waals surface area contributed by atoms with Crippen LogP contribution in [0.3, 0.4) is 0 Å². The summed E-state index contributed by atoms with van der Waals surface area (Å²) < 4.78 is 11.1. The highest BCUT2D eigenvalue weighted by Crippen LogP contribution is 2.38. The molecule has 0 radical (unpaired) electrons. The standard InChI is InChI=1S/C24H32N4O4/c1-16(2)21(24-26-22(27-32-24)17-10-11-17)25-23(30)18-7-6-13-28(15-18)20(29)12-14-31-19-8-4-3-5-9-19/h3-5,8-9,16-18,21H,6-7,10-15H2,1-2H3,(H,25,30). The van der Waals surface area contributed by atoms with Crippen LogP contribution >= 0.6 is 0 Å². The lowest BCUT2D eigenvalue weighted by Crippen LogP contribution is -2.46. The fourth-order valence-corrected chi connectivity index (χ4v) is 4.01. The van der Waals surface area contributed by atoms with E-state index in [1.165, 1.54) is 0 Å². The van der Waals surface area contributed by atoms with Gasteiger partial charge in [0.2, 0.25) is 17.7 Å². The van der Waals surface area contributed by atoms with Crippen molar-refractivity contribution in [2.75, 3.05) is 19.7 Å². The molecule has 1 aromatic carbocycles. The summed E-state index contributed by atoms with van der Waals surface area (Å²) in [5, 5.41) is 7.19. The predicted molar refractivity (Wildman–Crippen MR) is 118 cm³/mol.